The Labute approximate surface area is 58.6 Å². The van der Waals surface area contributed by atoms with Crippen LogP contribution in [0.5, 0.6) is 0 Å². The molecule has 9 heavy (non-hydrogen) atoms. The van der Waals surface area contributed by atoms with Crippen molar-refractivity contribution in [3.05, 3.63) is 0 Å². The third-order valence-corrected chi connectivity index (χ3v) is 2.13. The molecule has 0 N–H and O–H groups in total. The van der Waals surface area contributed by atoms with E-state index in [1.54, 1.807) is 16.7 Å². The normalized spacial score (nSPS) is 17.4. The summed E-state index contributed by atoms with van der Waals surface area (Å²) in [6.07, 6.45) is 4.90. The molecule has 1 heterocycles. The molecule has 48 valence electrons. The smallest absolute Gasteiger partial charge is 0.298 e. The second-order valence-electron chi connectivity index (χ2n) is 1.75. The molecule has 1 amide bonds. The Morgan fingerprint density at radius 2 is 2.56 bits per heavy atom. The highest BCUT2D eigenvalue weighted by Gasteiger charge is 2.15. The second-order valence-corrected chi connectivity index (χ2v) is 2.82. The Bertz CT molecular complexity index is 155. The van der Waals surface area contributed by atoms with E-state index in [1.165, 1.54) is 0 Å². The lowest BCUT2D eigenvalue weighted by Gasteiger charge is -2.07. The number of hydrogen-bond acceptors (Lipinski definition) is 2. The molecule has 0 unspecified atom stereocenters. The van der Waals surface area contributed by atoms with Gasteiger partial charge in [-0.05, 0) is 5.92 Å². The Morgan fingerprint density at radius 1 is 1.78 bits per heavy atom. The summed E-state index contributed by atoms with van der Waals surface area (Å²) in [6, 6.07) is 0. The van der Waals surface area contributed by atoms with Crippen LogP contribution in [0.1, 0.15) is 0 Å². The minimum atomic E-state index is -0.181. The van der Waals surface area contributed by atoms with E-state index in [-0.39, 0.29) is 5.91 Å². The van der Waals surface area contributed by atoms with Crippen LogP contribution < -0.4 is 0 Å². The van der Waals surface area contributed by atoms with Crippen molar-refractivity contribution in [3.8, 4) is 12.3 Å². The second kappa shape index (κ2) is 2.79. The zero-order valence-electron chi connectivity index (χ0n) is 4.96. The van der Waals surface area contributed by atoms with Gasteiger partial charge in [0, 0.05) is 12.3 Å². The highest BCUT2D eigenvalue weighted by molar-refractivity contribution is 7.99. The predicted molar refractivity (Wildman–Crippen MR) is 37.9 cm³/mol. The van der Waals surface area contributed by atoms with Gasteiger partial charge in [-0.2, -0.15) is 0 Å². The van der Waals surface area contributed by atoms with Gasteiger partial charge in [-0.25, -0.2) is 0 Å². The molecule has 3 heteroatoms. The van der Waals surface area contributed by atoms with Gasteiger partial charge in [0.15, 0.2) is 0 Å². The third kappa shape index (κ3) is 1.39. The fraction of sp³-hybridized carbons (Fsp3) is 0.500. The highest BCUT2D eigenvalue weighted by atomic mass is 32.2. The molecule has 1 saturated heterocycles. The first-order chi connectivity index (χ1) is 4.34. The molecule has 1 aliphatic heterocycles. The SMILES string of the molecule is C#CC(=O)N1CCSC1. The van der Waals surface area contributed by atoms with Crippen molar-refractivity contribution >= 4 is 17.7 Å². The molecule has 1 fully saturated rings. The van der Waals surface area contributed by atoms with E-state index >= 15 is 0 Å². The molecule has 0 atom stereocenters. The summed E-state index contributed by atoms with van der Waals surface area (Å²) in [7, 11) is 0. The van der Waals surface area contributed by atoms with Gasteiger partial charge >= 0.3 is 0 Å². The first kappa shape index (κ1) is 6.50. The standard InChI is InChI=1S/C6H7NOS/c1-2-6(8)7-3-4-9-5-7/h1H,3-5H2. The fourth-order valence-electron chi connectivity index (χ4n) is 0.665. The number of carbonyl (C=O) groups is 1. The summed E-state index contributed by atoms with van der Waals surface area (Å²) in [5.41, 5.74) is 0. The average Bonchev–Trinajstić information content (AvgIpc) is 2.37. The maximum atomic E-state index is 10.7. The minimum Gasteiger partial charge on any atom is -0.322 e. The van der Waals surface area contributed by atoms with Crippen molar-refractivity contribution in [3.63, 3.8) is 0 Å². The number of nitrogens with zero attached hydrogens (tertiary/aromatic N) is 1. The van der Waals surface area contributed by atoms with Crippen LogP contribution in [0.25, 0.3) is 0 Å². The molecule has 0 aromatic rings. The summed E-state index contributed by atoms with van der Waals surface area (Å²) >= 11 is 1.74. The fourth-order valence-corrected chi connectivity index (χ4v) is 1.61. The molecular formula is C6H7NOS. The number of terminal acetylenes is 1. The molecular weight excluding hydrogens is 134 g/mol. The molecule has 0 aromatic carbocycles. The molecule has 0 aromatic heterocycles. The lowest BCUT2D eigenvalue weighted by molar-refractivity contribution is -0.123. The van der Waals surface area contributed by atoms with E-state index in [4.69, 9.17) is 6.42 Å². The van der Waals surface area contributed by atoms with Crippen LogP contribution >= 0.6 is 11.8 Å². The molecule has 0 spiro atoms. The molecule has 0 radical (unpaired) electrons. The number of carbonyl (C=O) groups excluding carboxylic acids is 1. The van der Waals surface area contributed by atoms with Gasteiger partial charge in [-0.15, -0.1) is 18.2 Å². The molecule has 1 rings (SSSR count). The monoisotopic (exact) mass is 141 g/mol. The van der Waals surface area contributed by atoms with Crippen LogP contribution in [-0.2, 0) is 4.79 Å². The summed E-state index contributed by atoms with van der Waals surface area (Å²) in [6.45, 7) is 0.813. The van der Waals surface area contributed by atoms with E-state index in [9.17, 15) is 4.79 Å². The van der Waals surface area contributed by atoms with Crippen molar-refractivity contribution in [2.75, 3.05) is 18.2 Å². The maximum Gasteiger partial charge on any atom is 0.298 e. The van der Waals surface area contributed by atoms with Gasteiger partial charge in [0.1, 0.15) is 0 Å². The van der Waals surface area contributed by atoms with Gasteiger partial charge in [-0.3, -0.25) is 4.79 Å². The van der Waals surface area contributed by atoms with Crippen LogP contribution in [0.4, 0.5) is 0 Å². The summed E-state index contributed by atoms with van der Waals surface area (Å²) in [4.78, 5) is 12.4. The molecule has 0 bridgehead atoms. The Morgan fingerprint density at radius 3 is 3.00 bits per heavy atom. The largest absolute Gasteiger partial charge is 0.322 e. The van der Waals surface area contributed by atoms with Crippen LogP contribution in [0.2, 0.25) is 0 Å². The number of thioether (sulfide) groups is 1. The van der Waals surface area contributed by atoms with Crippen molar-refractivity contribution < 1.29 is 4.79 Å². The number of amides is 1. The summed E-state index contributed by atoms with van der Waals surface area (Å²) < 4.78 is 0. The lowest BCUT2D eigenvalue weighted by Crippen LogP contribution is -2.25. The van der Waals surface area contributed by atoms with Crippen LogP contribution in [0.15, 0.2) is 0 Å². The van der Waals surface area contributed by atoms with E-state index in [1.807, 2.05) is 0 Å². The van der Waals surface area contributed by atoms with Gasteiger partial charge in [-0.1, -0.05) is 0 Å². The number of hydrogen-bond donors (Lipinski definition) is 0. The zero-order chi connectivity index (χ0) is 6.69. The first-order valence-electron chi connectivity index (χ1n) is 2.68. The average molecular weight is 141 g/mol. The predicted octanol–water partition coefficient (Wildman–Crippen LogP) is 0.152. The van der Waals surface area contributed by atoms with E-state index in [0.29, 0.717) is 0 Å². The zero-order valence-corrected chi connectivity index (χ0v) is 5.78. The summed E-state index contributed by atoms with van der Waals surface area (Å²) in [5, 5.41) is 0. The summed E-state index contributed by atoms with van der Waals surface area (Å²) in [5.74, 6) is 3.69. The molecule has 0 aliphatic carbocycles. The lowest BCUT2D eigenvalue weighted by atomic mass is 10.5. The Balaban J connectivity index is 2.44. The Kier molecular flexibility index (Phi) is 2.01. The van der Waals surface area contributed by atoms with Crippen LogP contribution in [-0.4, -0.2) is 29.0 Å². The van der Waals surface area contributed by atoms with E-state index in [2.05, 4.69) is 5.92 Å². The number of rotatable bonds is 0. The van der Waals surface area contributed by atoms with Gasteiger partial charge < -0.3 is 4.90 Å². The van der Waals surface area contributed by atoms with Crippen molar-refractivity contribution in [2.24, 2.45) is 0 Å². The molecule has 0 saturated carbocycles. The van der Waals surface area contributed by atoms with Gasteiger partial charge in [0.2, 0.25) is 0 Å². The molecule has 2 nitrogen and oxygen atoms in total. The topological polar surface area (TPSA) is 20.3 Å². The van der Waals surface area contributed by atoms with Crippen LogP contribution in [0.3, 0.4) is 0 Å². The maximum absolute atomic E-state index is 10.7. The molecule has 1 aliphatic rings. The van der Waals surface area contributed by atoms with Gasteiger partial charge in [0.25, 0.3) is 5.91 Å². The van der Waals surface area contributed by atoms with Crippen molar-refractivity contribution in [1.82, 2.24) is 4.90 Å². The van der Waals surface area contributed by atoms with Crippen LogP contribution in [0, 0.1) is 12.3 Å². The quantitative estimate of drug-likeness (QED) is 0.448. The Hall–Kier alpha value is -0.620. The van der Waals surface area contributed by atoms with Crippen molar-refractivity contribution in [1.29, 1.82) is 0 Å². The van der Waals surface area contributed by atoms with Gasteiger partial charge in [0.05, 0.1) is 5.88 Å². The van der Waals surface area contributed by atoms with Crippen molar-refractivity contribution in [2.45, 2.75) is 0 Å². The highest BCUT2D eigenvalue weighted by Crippen LogP contribution is 2.12. The first-order valence-corrected chi connectivity index (χ1v) is 3.83. The van der Waals surface area contributed by atoms with E-state index < -0.39 is 0 Å². The minimum absolute atomic E-state index is 0.181. The third-order valence-electron chi connectivity index (χ3n) is 1.16. The van der Waals surface area contributed by atoms with E-state index in [0.717, 1.165) is 18.2 Å².